The van der Waals surface area contributed by atoms with Crippen LogP contribution in [-0.2, 0) is 28.1 Å². The summed E-state index contributed by atoms with van der Waals surface area (Å²) in [5, 5.41) is 0.459. The molecule has 0 saturated carbocycles. The van der Waals surface area contributed by atoms with E-state index in [1.807, 2.05) is 44.2 Å². The van der Waals surface area contributed by atoms with E-state index in [9.17, 15) is 14.4 Å². The number of carbonyl (C=O) groups is 1. The maximum absolute atomic E-state index is 13.1. The highest BCUT2D eigenvalue weighted by Crippen LogP contribution is 2.27. The van der Waals surface area contributed by atoms with Crippen LogP contribution in [0.1, 0.15) is 36.8 Å². The third kappa shape index (κ3) is 3.35. The molecule has 2 heterocycles. The van der Waals surface area contributed by atoms with Crippen LogP contribution in [0.2, 0.25) is 0 Å². The Hall–Kier alpha value is -2.67. The van der Waals surface area contributed by atoms with E-state index in [-0.39, 0.29) is 6.61 Å². The molecule has 1 aromatic carbocycles. The van der Waals surface area contributed by atoms with Crippen molar-refractivity contribution in [2.75, 3.05) is 0 Å². The smallest absolute Gasteiger partial charge is 0.332 e. The van der Waals surface area contributed by atoms with Gasteiger partial charge in [-0.15, -0.1) is 11.3 Å². The molecular weight excluding hydrogens is 364 g/mol. The second-order valence-corrected chi connectivity index (χ2v) is 8.00. The van der Waals surface area contributed by atoms with Crippen LogP contribution in [0.5, 0.6) is 0 Å². The quantitative estimate of drug-likeness (QED) is 0.683. The van der Waals surface area contributed by atoms with Crippen molar-refractivity contribution in [3.63, 3.8) is 0 Å². The van der Waals surface area contributed by atoms with Gasteiger partial charge in [0.25, 0.3) is 5.56 Å². The second-order valence-electron chi connectivity index (χ2n) is 6.90. The molecule has 27 heavy (non-hydrogen) atoms. The van der Waals surface area contributed by atoms with Gasteiger partial charge in [-0.05, 0) is 38.3 Å². The number of hydrogen-bond donors (Lipinski definition) is 1. The molecule has 0 aliphatic carbocycles. The van der Waals surface area contributed by atoms with Gasteiger partial charge in [0.2, 0.25) is 0 Å². The Morgan fingerprint density at radius 1 is 1.22 bits per heavy atom. The Morgan fingerprint density at radius 2 is 1.89 bits per heavy atom. The highest BCUT2D eigenvalue weighted by atomic mass is 32.1. The standard InChI is InChI=1S/C20H22N2O4S/c1-5-14-12(2)15-16(27-14)21-19(25)22(17(15)23)20(3,4)18(24)26-11-13-9-7-6-8-10-13/h6-10H,5,11H2,1-4H3,(H,21,25). The number of fused-ring (bicyclic) bond motifs is 1. The fraction of sp³-hybridized carbons (Fsp3) is 0.350. The van der Waals surface area contributed by atoms with E-state index in [4.69, 9.17) is 4.74 Å². The number of hydrogen-bond acceptors (Lipinski definition) is 5. The molecule has 0 radical (unpaired) electrons. The van der Waals surface area contributed by atoms with Crippen LogP contribution in [-0.4, -0.2) is 15.5 Å². The molecule has 0 aliphatic heterocycles. The third-order valence-electron chi connectivity index (χ3n) is 4.68. The number of benzene rings is 1. The lowest BCUT2D eigenvalue weighted by atomic mass is 10.1. The molecule has 0 fully saturated rings. The Balaban J connectivity index is 2.01. The Bertz CT molecular complexity index is 1110. The first-order valence-electron chi connectivity index (χ1n) is 8.76. The molecule has 2 aromatic heterocycles. The fourth-order valence-corrected chi connectivity index (χ4v) is 4.23. The van der Waals surface area contributed by atoms with Crippen LogP contribution < -0.4 is 11.2 Å². The first kappa shape index (κ1) is 19.1. The number of carbonyl (C=O) groups excluding carboxylic acids is 1. The largest absolute Gasteiger partial charge is 0.459 e. The number of aryl methyl sites for hydroxylation is 2. The predicted octanol–water partition coefficient (Wildman–Crippen LogP) is 3.10. The molecule has 0 aliphatic rings. The summed E-state index contributed by atoms with van der Waals surface area (Å²) in [4.78, 5) is 42.7. The average molecular weight is 386 g/mol. The van der Waals surface area contributed by atoms with Gasteiger partial charge >= 0.3 is 11.7 Å². The van der Waals surface area contributed by atoms with Crippen LogP contribution in [0, 0.1) is 6.92 Å². The van der Waals surface area contributed by atoms with Gasteiger partial charge in [-0.2, -0.15) is 0 Å². The van der Waals surface area contributed by atoms with Gasteiger partial charge in [0.1, 0.15) is 17.0 Å². The third-order valence-corrected chi connectivity index (χ3v) is 6.03. The molecule has 142 valence electrons. The molecule has 7 heteroatoms. The fourth-order valence-electron chi connectivity index (χ4n) is 3.10. The molecule has 6 nitrogen and oxygen atoms in total. The van der Waals surface area contributed by atoms with Crippen LogP contribution >= 0.6 is 11.3 Å². The predicted molar refractivity (Wildman–Crippen MR) is 106 cm³/mol. The van der Waals surface area contributed by atoms with Crippen molar-refractivity contribution in [3.8, 4) is 0 Å². The number of esters is 1. The summed E-state index contributed by atoms with van der Waals surface area (Å²) in [5.74, 6) is -0.637. The number of ether oxygens (including phenoxy) is 1. The Labute approximate surface area is 160 Å². The van der Waals surface area contributed by atoms with Crippen molar-refractivity contribution in [1.29, 1.82) is 0 Å². The van der Waals surface area contributed by atoms with Crippen molar-refractivity contribution in [3.05, 3.63) is 67.2 Å². The molecule has 0 spiro atoms. The van der Waals surface area contributed by atoms with Gasteiger partial charge in [0.05, 0.1) is 5.39 Å². The number of nitrogens with zero attached hydrogens (tertiary/aromatic N) is 1. The maximum atomic E-state index is 13.1. The number of aromatic amines is 1. The van der Waals surface area contributed by atoms with Gasteiger partial charge in [0, 0.05) is 4.88 Å². The second kappa shape index (κ2) is 7.15. The van der Waals surface area contributed by atoms with Gasteiger partial charge in [-0.1, -0.05) is 37.3 Å². The van der Waals surface area contributed by atoms with Crippen molar-refractivity contribution in [2.45, 2.75) is 46.3 Å². The minimum absolute atomic E-state index is 0.0788. The molecule has 1 N–H and O–H groups in total. The van der Waals surface area contributed by atoms with E-state index in [2.05, 4.69) is 4.98 Å². The van der Waals surface area contributed by atoms with E-state index >= 15 is 0 Å². The SMILES string of the molecule is CCc1sc2[nH]c(=O)n(C(C)(C)C(=O)OCc3ccccc3)c(=O)c2c1C. The zero-order valence-corrected chi connectivity index (χ0v) is 16.6. The number of rotatable bonds is 5. The van der Waals surface area contributed by atoms with Crippen molar-refractivity contribution in [2.24, 2.45) is 0 Å². The number of thiophene rings is 1. The van der Waals surface area contributed by atoms with Gasteiger partial charge in [-0.3, -0.25) is 9.78 Å². The summed E-state index contributed by atoms with van der Waals surface area (Å²) in [7, 11) is 0. The number of H-pyrrole nitrogens is 1. The molecule has 0 atom stereocenters. The van der Waals surface area contributed by atoms with Crippen molar-refractivity contribution in [1.82, 2.24) is 9.55 Å². The first-order valence-corrected chi connectivity index (χ1v) is 9.58. The molecular formula is C20H22N2O4S. The summed E-state index contributed by atoms with van der Waals surface area (Å²) in [6.07, 6.45) is 0.773. The highest BCUT2D eigenvalue weighted by molar-refractivity contribution is 7.18. The summed E-state index contributed by atoms with van der Waals surface area (Å²) in [6, 6.07) is 9.25. The van der Waals surface area contributed by atoms with E-state index in [0.717, 1.165) is 27.0 Å². The minimum Gasteiger partial charge on any atom is -0.459 e. The minimum atomic E-state index is -1.44. The summed E-state index contributed by atoms with van der Waals surface area (Å²) >= 11 is 1.40. The van der Waals surface area contributed by atoms with Gasteiger partial charge in [0.15, 0.2) is 0 Å². The van der Waals surface area contributed by atoms with Crippen molar-refractivity contribution < 1.29 is 9.53 Å². The van der Waals surface area contributed by atoms with Gasteiger partial charge < -0.3 is 4.74 Å². The lowest BCUT2D eigenvalue weighted by molar-refractivity contribution is -0.154. The molecule has 3 rings (SSSR count). The first-order chi connectivity index (χ1) is 12.8. The topological polar surface area (TPSA) is 81.2 Å². The lowest BCUT2D eigenvalue weighted by Gasteiger charge is -2.24. The van der Waals surface area contributed by atoms with Gasteiger partial charge in [-0.25, -0.2) is 14.2 Å². The average Bonchev–Trinajstić information content (AvgIpc) is 2.95. The summed E-state index contributed by atoms with van der Waals surface area (Å²) in [6.45, 7) is 6.98. The zero-order valence-electron chi connectivity index (χ0n) is 15.8. The lowest BCUT2D eigenvalue weighted by Crippen LogP contribution is -2.51. The van der Waals surface area contributed by atoms with Crippen LogP contribution in [0.25, 0.3) is 10.2 Å². The molecule has 0 unspecified atom stereocenters. The molecule has 0 bridgehead atoms. The summed E-state index contributed by atoms with van der Waals surface area (Å²) < 4.78 is 6.34. The molecule has 3 aromatic rings. The number of nitrogens with one attached hydrogen (secondary N) is 1. The maximum Gasteiger partial charge on any atom is 0.332 e. The highest BCUT2D eigenvalue weighted by Gasteiger charge is 2.35. The monoisotopic (exact) mass is 386 g/mol. The van der Waals surface area contributed by atoms with Crippen LogP contribution in [0.4, 0.5) is 0 Å². The Morgan fingerprint density at radius 3 is 2.52 bits per heavy atom. The summed E-state index contributed by atoms with van der Waals surface area (Å²) in [5.41, 5.74) is -0.837. The molecule has 0 saturated heterocycles. The van der Waals surface area contributed by atoms with Crippen LogP contribution in [0.15, 0.2) is 39.9 Å². The normalized spacial score (nSPS) is 11.7. The number of aromatic nitrogens is 2. The van der Waals surface area contributed by atoms with E-state index in [1.165, 1.54) is 25.2 Å². The van der Waals surface area contributed by atoms with Crippen LogP contribution in [0.3, 0.4) is 0 Å². The van der Waals surface area contributed by atoms with E-state index in [0.29, 0.717) is 10.2 Å². The molecule has 0 amide bonds. The van der Waals surface area contributed by atoms with E-state index < -0.39 is 22.8 Å². The Kier molecular flexibility index (Phi) is 5.06. The zero-order chi connectivity index (χ0) is 19.8. The van der Waals surface area contributed by atoms with E-state index in [1.54, 1.807) is 0 Å². The van der Waals surface area contributed by atoms with Crippen molar-refractivity contribution >= 4 is 27.5 Å².